The Labute approximate surface area is 160 Å². The number of carbonyl (C=O) groups excluding carboxylic acids is 2. The summed E-state index contributed by atoms with van der Waals surface area (Å²) in [6.45, 7) is 0.335. The topological polar surface area (TPSA) is 73.2 Å². The van der Waals surface area contributed by atoms with Gasteiger partial charge in [0.25, 0.3) is 0 Å². The van der Waals surface area contributed by atoms with Gasteiger partial charge in [-0.1, -0.05) is 11.6 Å². The molecule has 1 atom stereocenters. The standard InChI is InChI=1S/C19H16ClN3O2S/c1-26-16-5-3-15(4-6-16)23-11-13(9-18(23)24)19(25)22-14-2-7-17(20)12(8-14)10-21/h2-8,13H,9,11H2,1H3,(H,22,25). The summed E-state index contributed by atoms with van der Waals surface area (Å²) in [5.41, 5.74) is 1.58. The largest absolute Gasteiger partial charge is 0.326 e. The Morgan fingerprint density at radius 1 is 1.31 bits per heavy atom. The molecule has 0 radical (unpaired) electrons. The van der Waals surface area contributed by atoms with Crippen LogP contribution in [0.2, 0.25) is 5.02 Å². The molecule has 1 saturated heterocycles. The third-order valence-corrected chi connectivity index (χ3v) is 5.31. The SMILES string of the molecule is CSc1ccc(N2CC(C(=O)Nc3ccc(Cl)c(C#N)c3)CC2=O)cc1. The molecule has 1 N–H and O–H groups in total. The zero-order chi connectivity index (χ0) is 18.7. The lowest BCUT2D eigenvalue weighted by Crippen LogP contribution is -2.28. The number of nitrogens with zero attached hydrogens (tertiary/aromatic N) is 2. The lowest BCUT2D eigenvalue weighted by molar-refractivity contribution is -0.122. The quantitative estimate of drug-likeness (QED) is 0.809. The second-order valence-electron chi connectivity index (χ2n) is 5.90. The first kappa shape index (κ1) is 18.3. The molecule has 2 amide bonds. The van der Waals surface area contributed by atoms with Gasteiger partial charge in [-0.15, -0.1) is 11.8 Å². The van der Waals surface area contributed by atoms with Crippen molar-refractivity contribution in [3.8, 4) is 6.07 Å². The highest BCUT2D eigenvalue weighted by Gasteiger charge is 2.35. The van der Waals surface area contributed by atoms with Crippen LogP contribution in [0.5, 0.6) is 0 Å². The molecule has 0 aromatic heterocycles. The third-order valence-electron chi connectivity index (χ3n) is 4.23. The third kappa shape index (κ3) is 3.85. The van der Waals surface area contributed by atoms with Gasteiger partial charge in [0.05, 0.1) is 16.5 Å². The van der Waals surface area contributed by atoms with Crippen LogP contribution in [-0.4, -0.2) is 24.6 Å². The molecule has 5 nitrogen and oxygen atoms in total. The van der Waals surface area contributed by atoms with Crippen LogP contribution in [0.25, 0.3) is 0 Å². The highest BCUT2D eigenvalue weighted by atomic mass is 35.5. The van der Waals surface area contributed by atoms with Gasteiger partial charge in [0.1, 0.15) is 6.07 Å². The van der Waals surface area contributed by atoms with Crippen LogP contribution < -0.4 is 10.2 Å². The zero-order valence-electron chi connectivity index (χ0n) is 14.0. The second kappa shape index (κ2) is 7.81. The Hall–Kier alpha value is -2.49. The first-order valence-electron chi connectivity index (χ1n) is 7.96. The molecule has 1 aliphatic rings. The minimum absolute atomic E-state index is 0.0733. The van der Waals surface area contributed by atoms with E-state index in [9.17, 15) is 9.59 Å². The number of benzene rings is 2. The maximum absolute atomic E-state index is 12.5. The smallest absolute Gasteiger partial charge is 0.229 e. The minimum atomic E-state index is -0.441. The summed E-state index contributed by atoms with van der Waals surface area (Å²) >= 11 is 7.53. The molecular formula is C19H16ClN3O2S. The summed E-state index contributed by atoms with van der Waals surface area (Å²) in [6, 6.07) is 14.4. The maximum atomic E-state index is 12.5. The van der Waals surface area contributed by atoms with E-state index in [1.807, 2.05) is 36.6 Å². The molecule has 0 bridgehead atoms. The number of amides is 2. The molecule has 0 saturated carbocycles. The number of anilines is 2. The van der Waals surface area contributed by atoms with Crippen molar-refractivity contribution in [1.29, 1.82) is 5.26 Å². The summed E-state index contributed by atoms with van der Waals surface area (Å²) < 4.78 is 0. The van der Waals surface area contributed by atoms with E-state index in [0.29, 0.717) is 22.8 Å². The Morgan fingerprint density at radius 3 is 2.69 bits per heavy atom. The Morgan fingerprint density at radius 2 is 2.04 bits per heavy atom. The minimum Gasteiger partial charge on any atom is -0.326 e. The molecule has 1 fully saturated rings. The molecule has 0 spiro atoms. The first-order valence-corrected chi connectivity index (χ1v) is 9.57. The molecule has 1 unspecified atom stereocenters. The predicted octanol–water partition coefficient (Wildman–Crippen LogP) is 3.93. The van der Waals surface area contributed by atoms with Crippen molar-refractivity contribution in [2.24, 2.45) is 5.92 Å². The number of rotatable bonds is 4. The molecule has 3 rings (SSSR count). The molecule has 1 aliphatic heterocycles. The second-order valence-corrected chi connectivity index (χ2v) is 7.19. The van der Waals surface area contributed by atoms with Gasteiger partial charge >= 0.3 is 0 Å². The Kier molecular flexibility index (Phi) is 5.50. The van der Waals surface area contributed by atoms with Crippen LogP contribution in [0, 0.1) is 17.2 Å². The fraction of sp³-hybridized carbons (Fsp3) is 0.211. The van der Waals surface area contributed by atoms with E-state index in [4.69, 9.17) is 16.9 Å². The summed E-state index contributed by atoms with van der Waals surface area (Å²) in [7, 11) is 0. The molecule has 7 heteroatoms. The molecule has 26 heavy (non-hydrogen) atoms. The normalized spacial score (nSPS) is 16.4. The number of nitriles is 1. The number of hydrogen-bond acceptors (Lipinski definition) is 4. The van der Waals surface area contributed by atoms with Crippen LogP contribution in [0.15, 0.2) is 47.4 Å². The van der Waals surface area contributed by atoms with Crippen molar-refractivity contribution in [3.63, 3.8) is 0 Å². The Balaban J connectivity index is 1.69. The lowest BCUT2D eigenvalue weighted by atomic mass is 10.1. The number of hydrogen-bond donors (Lipinski definition) is 1. The molecule has 132 valence electrons. The average Bonchev–Trinajstić information content (AvgIpc) is 3.05. The highest BCUT2D eigenvalue weighted by molar-refractivity contribution is 7.98. The van der Waals surface area contributed by atoms with E-state index in [1.54, 1.807) is 28.8 Å². The van der Waals surface area contributed by atoms with Crippen LogP contribution >= 0.6 is 23.4 Å². The molecule has 1 heterocycles. The fourth-order valence-electron chi connectivity index (χ4n) is 2.83. The van der Waals surface area contributed by atoms with Gasteiger partial charge in [-0.05, 0) is 48.7 Å². The summed E-state index contributed by atoms with van der Waals surface area (Å²) in [5.74, 6) is -0.757. The highest BCUT2D eigenvalue weighted by Crippen LogP contribution is 2.28. The maximum Gasteiger partial charge on any atom is 0.229 e. The van der Waals surface area contributed by atoms with E-state index in [2.05, 4.69) is 5.32 Å². The van der Waals surface area contributed by atoms with E-state index in [0.717, 1.165) is 10.6 Å². The first-order chi connectivity index (χ1) is 12.5. The number of thioether (sulfide) groups is 1. The summed E-state index contributed by atoms with van der Waals surface area (Å²) in [4.78, 5) is 27.6. The zero-order valence-corrected chi connectivity index (χ0v) is 15.6. The van der Waals surface area contributed by atoms with Gasteiger partial charge in [-0.2, -0.15) is 5.26 Å². The van der Waals surface area contributed by atoms with E-state index < -0.39 is 5.92 Å². The van der Waals surface area contributed by atoms with Gasteiger partial charge in [0.15, 0.2) is 0 Å². The fourth-order valence-corrected chi connectivity index (χ4v) is 3.40. The summed E-state index contributed by atoms with van der Waals surface area (Å²) in [5, 5.41) is 12.1. The van der Waals surface area contributed by atoms with Gasteiger partial charge in [0, 0.05) is 29.2 Å². The monoisotopic (exact) mass is 385 g/mol. The summed E-state index contributed by atoms with van der Waals surface area (Å²) in [6.07, 6.45) is 2.15. The van der Waals surface area contributed by atoms with Crippen molar-refractivity contribution in [2.75, 3.05) is 23.0 Å². The van der Waals surface area contributed by atoms with Crippen molar-refractivity contribution in [2.45, 2.75) is 11.3 Å². The van der Waals surface area contributed by atoms with Gasteiger partial charge in [-0.25, -0.2) is 0 Å². The number of carbonyl (C=O) groups is 2. The number of halogens is 1. The van der Waals surface area contributed by atoms with E-state index in [-0.39, 0.29) is 18.2 Å². The van der Waals surface area contributed by atoms with Crippen LogP contribution in [0.3, 0.4) is 0 Å². The molecule has 2 aromatic carbocycles. The van der Waals surface area contributed by atoms with Gasteiger partial charge in [-0.3, -0.25) is 9.59 Å². The van der Waals surface area contributed by atoms with Crippen LogP contribution in [-0.2, 0) is 9.59 Å². The predicted molar refractivity (Wildman–Crippen MR) is 103 cm³/mol. The van der Waals surface area contributed by atoms with Crippen molar-refractivity contribution >= 4 is 46.6 Å². The Bertz CT molecular complexity index is 893. The van der Waals surface area contributed by atoms with Gasteiger partial charge in [0.2, 0.25) is 11.8 Å². The number of nitrogens with one attached hydrogen (secondary N) is 1. The van der Waals surface area contributed by atoms with Crippen LogP contribution in [0.4, 0.5) is 11.4 Å². The average molecular weight is 386 g/mol. The molecule has 0 aliphatic carbocycles. The van der Waals surface area contributed by atoms with E-state index in [1.165, 1.54) is 6.07 Å². The van der Waals surface area contributed by atoms with Crippen molar-refractivity contribution in [1.82, 2.24) is 0 Å². The van der Waals surface area contributed by atoms with Gasteiger partial charge < -0.3 is 10.2 Å². The van der Waals surface area contributed by atoms with E-state index >= 15 is 0 Å². The lowest BCUT2D eigenvalue weighted by Gasteiger charge is -2.17. The van der Waals surface area contributed by atoms with Crippen molar-refractivity contribution in [3.05, 3.63) is 53.1 Å². The van der Waals surface area contributed by atoms with Crippen molar-refractivity contribution < 1.29 is 9.59 Å². The molecule has 2 aromatic rings. The molecular weight excluding hydrogens is 370 g/mol. The van der Waals surface area contributed by atoms with Crippen LogP contribution in [0.1, 0.15) is 12.0 Å².